The lowest BCUT2D eigenvalue weighted by Gasteiger charge is -2.11. The Morgan fingerprint density at radius 2 is 1.88 bits per heavy atom. The van der Waals surface area contributed by atoms with Gasteiger partial charge in [0.2, 0.25) is 5.89 Å². The smallest absolute Gasteiger partial charge is 0.273 e. The highest BCUT2D eigenvalue weighted by atomic mass is 32.2. The van der Waals surface area contributed by atoms with E-state index in [2.05, 4.69) is 20.2 Å². The van der Waals surface area contributed by atoms with E-state index >= 15 is 0 Å². The van der Waals surface area contributed by atoms with Crippen molar-refractivity contribution in [1.82, 2.24) is 15.5 Å². The summed E-state index contributed by atoms with van der Waals surface area (Å²) >= 11 is 0. The Bertz CT molecular complexity index is 1430. The van der Waals surface area contributed by atoms with E-state index in [-0.39, 0.29) is 28.7 Å². The molecule has 0 fully saturated rings. The van der Waals surface area contributed by atoms with Crippen LogP contribution < -0.4 is 10.0 Å². The van der Waals surface area contributed by atoms with Gasteiger partial charge >= 0.3 is 0 Å². The summed E-state index contributed by atoms with van der Waals surface area (Å²) in [5, 5.41) is 6.34. The van der Waals surface area contributed by atoms with Gasteiger partial charge in [-0.1, -0.05) is 23.4 Å². The summed E-state index contributed by atoms with van der Waals surface area (Å²) in [6.07, 6.45) is 0. The number of amides is 1. The standard InChI is InChI=1S/C22H19FN4O5S/c1-13-10-19(26-32-13)21(28)24-12-20-14(2)31-22(25-20)17-8-3-4-9-18(17)27-33(29,30)16-7-5-6-15(23)11-16/h3-11,27H,12H2,1-2H3,(H,24,28). The first-order chi connectivity index (χ1) is 15.7. The molecule has 0 bridgehead atoms. The minimum absolute atomic E-state index is 0.0667. The molecule has 0 saturated heterocycles. The number of aryl methyl sites for hydroxylation is 2. The van der Waals surface area contributed by atoms with Crippen molar-refractivity contribution in [2.75, 3.05) is 4.72 Å². The van der Waals surface area contributed by atoms with Gasteiger partial charge in [0.15, 0.2) is 5.69 Å². The van der Waals surface area contributed by atoms with Gasteiger partial charge in [0.25, 0.3) is 15.9 Å². The molecule has 0 unspecified atom stereocenters. The van der Waals surface area contributed by atoms with Crippen molar-refractivity contribution >= 4 is 21.6 Å². The first kappa shape index (κ1) is 22.2. The second-order valence-corrected chi connectivity index (χ2v) is 8.82. The normalized spacial score (nSPS) is 11.4. The number of benzene rings is 2. The van der Waals surface area contributed by atoms with Gasteiger partial charge in [0.1, 0.15) is 23.0 Å². The molecule has 2 aromatic heterocycles. The first-order valence-corrected chi connectivity index (χ1v) is 11.3. The van der Waals surface area contributed by atoms with Crippen LogP contribution in [0.25, 0.3) is 11.5 Å². The number of para-hydroxylation sites is 1. The third kappa shape index (κ3) is 4.93. The number of rotatable bonds is 7. The first-order valence-electron chi connectivity index (χ1n) is 9.78. The predicted octanol–water partition coefficient (Wildman–Crippen LogP) is 3.82. The lowest BCUT2D eigenvalue weighted by atomic mass is 10.2. The van der Waals surface area contributed by atoms with Gasteiger partial charge in [-0.3, -0.25) is 9.52 Å². The van der Waals surface area contributed by atoms with E-state index in [1.807, 2.05) is 0 Å². The molecular formula is C22H19FN4O5S. The van der Waals surface area contributed by atoms with Crippen LogP contribution in [-0.4, -0.2) is 24.5 Å². The maximum Gasteiger partial charge on any atom is 0.273 e. The summed E-state index contributed by atoms with van der Waals surface area (Å²) in [6.45, 7) is 3.42. The van der Waals surface area contributed by atoms with Gasteiger partial charge in [0, 0.05) is 6.07 Å². The number of hydrogen-bond donors (Lipinski definition) is 2. The van der Waals surface area contributed by atoms with Crippen LogP contribution >= 0.6 is 0 Å². The number of nitrogens with zero attached hydrogens (tertiary/aromatic N) is 2. The number of nitrogens with one attached hydrogen (secondary N) is 2. The molecule has 2 N–H and O–H groups in total. The molecule has 0 radical (unpaired) electrons. The zero-order chi connectivity index (χ0) is 23.6. The Morgan fingerprint density at radius 1 is 1.09 bits per heavy atom. The summed E-state index contributed by atoms with van der Waals surface area (Å²) < 4.78 is 52.1. The SMILES string of the molecule is Cc1cc(C(=O)NCc2nc(-c3ccccc3NS(=O)(=O)c3cccc(F)c3)oc2C)no1. The molecule has 2 aromatic carbocycles. The quantitative estimate of drug-likeness (QED) is 0.420. The van der Waals surface area contributed by atoms with Crippen molar-refractivity contribution in [1.29, 1.82) is 0 Å². The molecule has 1 amide bonds. The summed E-state index contributed by atoms with van der Waals surface area (Å²) in [5.74, 6) is 0.0226. The van der Waals surface area contributed by atoms with Crippen LogP contribution in [0.3, 0.4) is 0 Å². The van der Waals surface area contributed by atoms with E-state index in [1.165, 1.54) is 18.2 Å². The predicted molar refractivity (Wildman–Crippen MR) is 116 cm³/mol. The zero-order valence-electron chi connectivity index (χ0n) is 17.6. The van der Waals surface area contributed by atoms with Crippen molar-refractivity contribution < 1.29 is 26.5 Å². The highest BCUT2D eigenvalue weighted by Gasteiger charge is 2.20. The summed E-state index contributed by atoms with van der Waals surface area (Å²) in [5.41, 5.74) is 1.19. The number of sulfonamides is 1. The molecular weight excluding hydrogens is 451 g/mol. The van der Waals surface area contributed by atoms with Crippen LogP contribution in [-0.2, 0) is 16.6 Å². The van der Waals surface area contributed by atoms with E-state index < -0.39 is 21.7 Å². The highest BCUT2D eigenvalue weighted by molar-refractivity contribution is 7.92. The molecule has 0 aliphatic carbocycles. The fourth-order valence-electron chi connectivity index (χ4n) is 3.03. The molecule has 9 nitrogen and oxygen atoms in total. The second-order valence-electron chi connectivity index (χ2n) is 7.14. The summed E-state index contributed by atoms with van der Waals surface area (Å²) in [6, 6.07) is 12.7. The highest BCUT2D eigenvalue weighted by Crippen LogP contribution is 2.30. The van der Waals surface area contributed by atoms with Crippen molar-refractivity contribution in [2.24, 2.45) is 0 Å². The molecule has 2 heterocycles. The number of carbonyl (C=O) groups excluding carboxylic acids is 1. The van der Waals surface area contributed by atoms with E-state index in [0.717, 1.165) is 12.1 Å². The Balaban J connectivity index is 1.56. The van der Waals surface area contributed by atoms with Gasteiger partial charge < -0.3 is 14.3 Å². The summed E-state index contributed by atoms with van der Waals surface area (Å²) in [7, 11) is -4.05. The number of anilines is 1. The second kappa shape index (κ2) is 8.87. The third-order valence-electron chi connectivity index (χ3n) is 4.68. The zero-order valence-corrected chi connectivity index (χ0v) is 18.4. The average molecular weight is 470 g/mol. The topological polar surface area (TPSA) is 127 Å². The molecule has 170 valence electrons. The van der Waals surface area contributed by atoms with Crippen molar-refractivity contribution in [3.8, 4) is 11.5 Å². The lowest BCUT2D eigenvalue weighted by molar-refractivity contribution is 0.0941. The lowest BCUT2D eigenvalue weighted by Crippen LogP contribution is -2.23. The number of hydrogen-bond acceptors (Lipinski definition) is 7. The van der Waals surface area contributed by atoms with E-state index in [4.69, 9.17) is 8.94 Å². The van der Waals surface area contributed by atoms with Crippen LogP contribution in [0.1, 0.15) is 27.7 Å². The Labute approximate surface area is 188 Å². The fourth-order valence-corrected chi connectivity index (χ4v) is 4.14. The average Bonchev–Trinajstić information content (AvgIpc) is 3.37. The maximum absolute atomic E-state index is 13.5. The molecule has 0 aliphatic heterocycles. The van der Waals surface area contributed by atoms with Gasteiger partial charge in [-0.2, -0.15) is 0 Å². The number of carbonyl (C=O) groups is 1. The van der Waals surface area contributed by atoms with Crippen LogP contribution in [0.5, 0.6) is 0 Å². The number of oxazole rings is 1. The molecule has 0 aliphatic rings. The molecule has 0 spiro atoms. The fraction of sp³-hybridized carbons (Fsp3) is 0.136. The van der Waals surface area contributed by atoms with Crippen LogP contribution in [0, 0.1) is 19.7 Å². The van der Waals surface area contributed by atoms with Crippen molar-refractivity contribution in [2.45, 2.75) is 25.3 Å². The van der Waals surface area contributed by atoms with Gasteiger partial charge in [-0.25, -0.2) is 17.8 Å². The third-order valence-corrected chi connectivity index (χ3v) is 6.04. The molecule has 11 heteroatoms. The Hall–Kier alpha value is -3.99. The Morgan fingerprint density at radius 3 is 2.61 bits per heavy atom. The maximum atomic E-state index is 13.5. The molecule has 4 aromatic rings. The van der Waals surface area contributed by atoms with Crippen LogP contribution in [0.2, 0.25) is 0 Å². The monoisotopic (exact) mass is 470 g/mol. The molecule has 4 rings (SSSR count). The van der Waals surface area contributed by atoms with Gasteiger partial charge in [-0.15, -0.1) is 0 Å². The number of aromatic nitrogens is 2. The molecule has 0 saturated carbocycles. The van der Waals surface area contributed by atoms with Gasteiger partial charge in [0.05, 0.1) is 22.7 Å². The molecule has 0 atom stereocenters. The van der Waals surface area contributed by atoms with Gasteiger partial charge in [-0.05, 0) is 44.2 Å². The van der Waals surface area contributed by atoms with Crippen LogP contribution in [0.4, 0.5) is 10.1 Å². The van der Waals surface area contributed by atoms with Crippen LogP contribution in [0.15, 0.2) is 68.4 Å². The van der Waals surface area contributed by atoms with E-state index in [0.29, 0.717) is 22.8 Å². The largest absolute Gasteiger partial charge is 0.441 e. The van der Waals surface area contributed by atoms with E-state index in [1.54, 1.807) is 38.1 Å². The summed E-state index contributed by atoms with van der Waals surface area (Å²) in [4.78, 5) is 16.4. The number of halogens is 1. The minimum atomic E-state index is -4.05. The molecule has 33 heavy (non-hydrogen) atoms. The minimum Gasteiger partial charge on any atom is -0.441 e. The van der Waals surface area contributed by atoms with Crippen molar-refractivity contribution in [3.63, 3.8) is 0 Å². The van der Waals surface area contributed by atoms with Crippen molar-refractivity contribution in [3.05, 3.63) is 83.3 Å². The van der Waals surface area contributed by atoms with E-state index in [9.17, 15) is 17.6 Å². The Kier molecular flexibility index (Phi) is 5.97.